The van der Waals surface area contributed by atoms with Crippen molar-refractivity contribution in [2.45, 2.75) is 25.3 Å². The number of ether oxygens (including phenoxy) is 2. The Morgan fingerprint density at radius 2 is 2.09 bits per heavy atom. The topological polar surface area (TPSA) is 67.9 Å². The van der Waals surface area contributed by atoms with Crippen molar-refractivity contribution in [1.29, 1.82) is 0 Å². The molecule has 0 unspecified atom stereocenters. The van der Waals surface area contributed by atoms with Crippen LogP contribution in [0.2, 0.25) is 0 Å². The lowest BCUT2D eigenvalue weighted by atomic mass is 10.0. The predicted molar refractivity (Wildman–Crippen MR) is 85.0 cm³/mol. The highest BCUT2D eigenvalue weighted by Gasteiger charge is 2.30. The fourth-order valence-corrected chi connectivity index (χ4v) is 2.91. The van der Waals surface area contributed by atoms with Gasteiger partial charge in [-0.2, -0.15) is 0 Å². The maximum atomic E-state index is 12.4. The Labute approximate surface area is 135 Å². The van der Waals surface area contributed by atoms with Gasteiger partial charge in [-0.25, -0.2) is 0 Å². The third kappa shape index (κ3) is 3.31. The van der Waals surface area contributed by atoms with Crippen LogP contribution in [0.15, 0.2) is 24.3 Å². The van der Waals surface area contributed by atoms with E-state index < -0.39 is 0 Å². The van der Waals surface area contributed by atoms with Gasteiger partial charge in [0.1, 0.15) is 6.04 Å². The lowest BCUT2D eigenvalue weighted by molar-refractivity contribution is -0.138. The van der Waals surface area contributed by atoms with Gasteiger partial charge in [-0.1, -0.05) is 6.07 Å². The van der Waals surface area contributed by atoms with Crippen LogP contribution in [0.5, 0.6) is 11.5 Å². The Balaban J connectivity index is 1.71. The van der Waals surface area contributed by atoms with Gasteiger partial charge in [-0.3, -0.25) is 9.59 Å². The molecule has 1 atom stereocenters. The van der Waals surface area contributed by atoms with Crippen molar-refractivity contribution in [3.8, 4) is 11.5 Å². The van der Waals surface area contributed by atoms with Crippen LogP contribution in [-0.2, 0) is 9.59 Å². The summed E-state index contributed by atoms with van der Waals surface area (Å²) in [6, 6.07) is 5.14. The molecular formula is C17H20N2O4. The second kappa shape index (κ2) is 6.73. The molecule has 0 bridgehead atoms. The maximum absolute atomic E-state index is 12.4. The summed E-state index contributed by atoms with van der Waals surface area (Å²) in [6.07, 6.45) is 5.85. The first-order valence-corrected chi connectivity index (χ1v) is 7.79. The third-order valence-electron chi connectivity index (χ3n) is 4.15. The van der Waals surface area contributed by atoms with Crippen molar-refractivity contribution in [1.82, 2.24) is 10.2 Å². The monoisotopic (exact) mass is 316 g/mol. The number of piperidine rings is 1. The number of nitrogens with zero attached hydrogens (tertiary/aromatic N) is 1. The zero-order chi connectivity index (χ0) is 16.2. The summed E-state index contributed by atoms with van der Waals surface area (Å²) in [5.74, 6) is 1.15. The van der Waals surface area contributed by atoms with E-state index >= 15 is 0 Å². The third-order valence-corrected chi connectivity index (χ3v) is 4.15. The van der Waals surface area contributed by atoms with E-state index in [9.17, 15) is 9.59 Å². The number of rotatable bonds is 3. The molecule has 0 spiro atoms. The van der Waals surface area contributed by atoms with Crippen molar-refractivity contribution in [3.05, 3.63) is 29.8 Å². The maximum Gasteiger partial charge on any atom is 0.247 e. The summed E-state index contributed by atoms with van der Waals surface area (Å²) < 4.78 is 10.6. The molecule has 0 aliphatic carbocycles. The normalized spacial score (nSPS) is 19.9. The Kier molecular flexibility index (Phi) is 4.50. The molecule has 2 amide bonds. The highest BCUT2D eigenvalue weighted by molar-refractivity contribution is 5.95. The molecule has 0 radical (unpaired) electrons. The fraction of sp³-hybridized carbons (Fsp3) is 0.412. The number of carbonyl (C=O) groups is 2. The molecular weight excluding hydrogens is 296 g/mol. The molecule has 1 fully saturated rings. The van der Waals surface area contributed by atoms with E-state index in [2.05, 4.69) is 5.32 Å². The van der Waals surface area contributed by atoms with Crippen LogP contribution in [0.3, 0.4) is 0 Å². The zero-order valence-corrected chi connectivity index (χ0v) is 13.1. The minimum atomic E-state index is -0.373. The van der Waals surface area contributed by atoms with E-state index in [0.717, 1.165) is 18.4 Å². The molecule has 1 aromatic rings. The molecule has 6 nitrogen and oxygen atoms in total. The smallest absolute Gasteiger partial charge is 0.247 e. The number of likely N-dealkylation sites (N-methyl/N-ethyl adjacent to an activating group) is 1. The highest BCUT2D eigenvalue weighted by atomic mass is 16.7. The molecule has 2 aliphatic heterocycles. The van der Waals surface area contributed by atoms with E-state index in [1.165, 1.54) is 6.08 Å². The van der Waals surface area contributed by atoms with Gasteiger partial charge in [0.2, 0.25) is 18.6 Å². The van der Waals surface area contributed by atoms with E-state index in [1.54, 1.807) is 18.0 Å². The first-order valence-electron chi connectivity index (χ1n) is 7.79. The summed E-state index contributed by atoms with van der Waals surface area (Å²) in [4.78, 5) is 26.0. The molecule has 122 valence electrons. The molecule has 6 heteroatoms. The van der Waals surface area contributed by atoms with Gasteiger partial charge in [-0.15, -0.1) is 0 Å². The van der Waals surface area contributed by atoms with E-state index in [4.69, 9.17) is 9.47 Å². The Bertz CT molecular complexity index is 641. The number of hydrogen-bond donors (Lipinski definition) is 1. The highest BCUT2D eigenvalue weighted by Crippen LogP contribution is 2.32. The molecule has 1 saturated heterocycles. The number of hydrogen-bond acceptors (Lipinski definition) is 4. The van der Waals surface area contributed by atoms with Gasteiger partial charge < -0.3 is 19.7 Å². The Morgan fingerprint density at radius 3 is 2.91 bits per heavy atom. The lowest BCUT2D eigenvalue weighted by Gasteiger charge is -2.33. The van der Waals surface area contributed by atoms with E-state index in [0.29, 0.717) is 24.5 Å². The number of fused-ring (bicyclic) bond motifs is 1. The Hall–Kier alpha value is -2.50. The summed E-state index contributed by atoms with van der Waals surface area (Å²) >= 11 is 0. The van der Waals surface area contributed by atoms with E-state index in [1.807, 2.05) is 18.2 Å². The fourth-order valence-electron chi connectivity index (χ4n) is 2.91. The van der Waals surface area contributed by atoms with Crippen molar-refractivity contribution in [2.24, 2.45) is 0 Å². The van der Waals surface area contributed by atoms with Gasteiger partial charge in [0.25, 0.3) is 0 Å². The summed E-state index contributed by atoms with van der Waals surface area (Å²) in [6.45, 7) is 0.839. The molecule has 0 aromatic heterocycles. The summed E-state index contributed by atoms with van der Waals surface area (Å²) in [5, 5.41) is 2.63. The number of likely N-dealkylation sites (tertiary alicyclic amines) is 1. The van der Waals surface area contributed by atoms with Gasteiger partial charge in [0, 0.05) is 19.7 Å². The van der Waals surface area contributed by atoms with Crippen molar-refractivity contribution in [2.75, 3.05) is 20.4 Å². The van der Waals surface area contributed by atoms with Gasteiger partial charge in [0.05, 0.1) is 0 Å². The molecule has 0 saturated carbocycles. The van der Waals surface area contributed by atoms with Gasteiger partial charge in [-0.05, 0) is 43.0 Å². The van der Waals surface area contributed by atoms with Crippen molar-refractivity contribution < 1.29 is 19.1 Å². The van der Waals surface area contributed by atoms with Crippen LogP contribution in [0.4, 0.5) is 0 Å². The second-order valence-electron chi connectivity index (χ2n) is 5.60. The predicted octanol–water partition coefficient (Wildman–Crippen LogP) is 1.56. The molecule has 1 aromatic carbocycles. The lowest BCUT2D eigenvalue weighted by Crippen LogP contribution is -2.50. The standard InChI is InChI=1S/C17H20N2O4/c1-18-17(21)13-4-2-3-9-19(13)16(20)8-6-12-5-7-14-15(10-12)23-11-22-14/h5-8,10,13H,2-4,9,11H2,1H3,(H,18,21)/b8-6+/t13-/m0/s1. The number of benzene rings is 1. The average molecular weight is 316 g/mol. The quantitative estimate of drug-likeness (QED) is 0.859. The van der Waals surface area contributed by atoms with Crippen LogP contribution in [0.1, 0.15) is 24.8 Å². The van der Waals surface area contributed by atoms with Crippen LogP contribution < -0.4 is 14.8 Å². The van der Waals surface area contributed by atoms with E-state index in [-0.39, 0.29) is 24.6 Å². The molecule has 3 rings (SSSR count). The average Bonchev–Trinajstić information content (AvgIpc) is 3.06. The molecule has 2 heterocycles. The van der Waals surface area contributed by atoms with Gasteiger partial charge in [0.15, 0.2) is 11.5 Å². The van der Waals surface area contributed by atoms with Crippen LogP contribution in [-0.4, -0.2) is 43.1 Å². The number of nitrogens with one attached hydrogen (secondary N) is 1. The number of carbonyl (C=O) groups excluding carboxylic acids is 2. The number of amides is 2. The second-order valence-corrected chi connectivity index (χ2v) is 5.60. The minimum absolute atomic E-state index is 0.102. The van der Waals surface area contributed by atoms with Crippen molar-refractivity contribution >= 4 is 17.9 Å². The molecule has 23 heavy (non-hydrogen) atoms. The summed E-state index contributed by atoms with van der Waals surface area (Å²) in [5.41, 5.74) is 0.858. The van der Waals surface area contributed by atoms with Crippen LogP contribution in [0, 0.1) is 0 Å². The zero-order valence-electron chi connectivity index (χ0n) is 13.1. The first-order chi connectivity index (χ1) is 11.2. The Morgan fingerprint density at radius 1 is 1.26 bits per heavy atom. The van der Waals surface area contributed by atoms with Crippen LogP contribution >= 0.6 is 0 Å². The first kappa shape index (κ1) is 15.4. The molecule has 1 N–H and O–H groups in total. The van der Waals surface area contributed by atoms with Gasteiger partial charge >= 0.3 is 0 Å². The summed E-state index contributed by atoms with van der Waals surface area (Å²) in [7, 11) is 1.60. The molecule has 2 aliphatic rings. The van der Waals surface area contributed by atoms with Crippen molar-refractivity contribution in [3.63, 3.8) is 0 Å². The van der Waals surface area contributed by atoms with Crippen LogP contribution in [0.25, 0.3) is 6.08 Å². The minimum Gasteiger partial charge on any atom is -0.454 e. The SMILES string of the molecule is CNC(=O)[C@@H]1CCCCN1C(=O)/C=C/c1ccc2c(c1)OCO2. The largest absolute Gasteiger partial charge is 0.454 e.